The summed E-state index contributed by atoms with van der Waals surface area (Å²) in [6.07, 6.45) is 1.04. The van der Waals surface area contributed by atoms with Gasteiger partial charge in [0.25, 0.3) is 0 Å². The number of carbonyl (C=O) groups is 1. The Kier molecular flexibility index (Phi) is 4.27. The summed E-state index contributed by atoms with van der Waals surface area (Å²) < 4.78 is 0. The summed E-state index contributed by atoms with van der Waals surface area (Å²) in [6, 6.07) is 4.63. The van der Waals surface area contributed by atoms with E-state index in [1.165, 1.54) is 12.4 Å². The maximum absolute atomic E-state index is 11.2. The number of amides is 1. The zero-order valence-corrected chi connectivity index (χ0v) is 11.8. The van der Waals surface area contributed by atoms with Crippen LogP contribution in [0.1, 0.15) is 17.8 Å². The molecule has 0 saturated carbocycles. The highest BCUT2D eigenvalue weighted by molar-refractivity contribution is 6.35. The van der Waals surface area contributed by atoms with E-state index in [1.807, 2.05) is 0 Å². The third kappa shape index (κ3) is 3.27. The Morgan fingerprint density at radius 2 is 2.20 bits per heavy atom. The molecular formula is C12H12Cl2N4O2. The Morgan fingerprint density at radius 1 is 1.45 bits per heavy atom. The number of H-pyrrole nitrogens is 1. The van der Waals surface area contributed by atoms with Crippen LogP contribution >= 0.6 is 23.2 Å². The van der Waals surface area contributed by atoms with Crippen molar-refractivity contribution in [2.24, 2.45) is 5.73 Å². The molecule has 0 saturated heterocycles. The number of hydrogen-bond acceptors (Lipinski definition) is 4. The Morgan fingerprint density at radius 3 is 2.75 bits per heavy atom. The van der Waals surface area contributed by atoms with Gasteiger partial charge in [-0.2, -0.15) is 5.10 Å². The van der Waals surface area contributed by atoms with Gasteiger partial charge >= 0.3 is 0 Å². The number of hydrogen-bond donors (Lipinski definition) is 3. The molecule has 1 atom stereocenters. The monoisotopic (exact) mass is 314 g/mol. The predicted molar refractivity (Wildman–Crippen MR) is 74.3 cm³/mol. The number of nitrogens with one attached hydrogen (secondary N) is 1. The minimum Gasteiger partial charge on any atom is -0.384 e. The van der Waals surface area contributed by atoms with Gasteiger partial charge in [-0.15, -0.1) is 0 Å². The summed E-state index contributed by atoms with van der Waals surface area (Å²) in [5, 5.41) is 17.8. The van der Waals surface area contributed by atoms with Crippen LogP contribution in [-0.2, 0) is 16.8 Å². The van der Waals surface area contributed by atoms with Crippen molar-refractivity contribution in [3.63, 3.8) is 0 Å². The second kappa shape index (κ2) is 5.78. The van der Waals surface area contributed by atoms with Gasteiger partial charge in [-0.1, -0.05) is 29.3 Å². The SMILES string of the molecule is NC(=O)CC(O)(Cc1ncn[nH]1)c1ccc(Cl)cc1Cl. The van der Waals surface area contributed by atoms with Crippen LogP contribution in [0.2, 0.25) is 10.0 Å². The van der Waals surface area contributed by atoms with E-state index in [-0.39, 0.29) is 17.9 Å². The number of halogens is 2. The number of nitrogens with two attached hydrogens (primary N) is 1. The number of rotatable bonds is 5. The van der Waals surface area contributed by atoms with Crippen molar-refractivity contribution in [1.82, 2.24) is 15.2 Å². The fourth-order valence-electron chi connectivity index (χ4n) is 2.00. The molecule has 0 aliphatic heterocycles. The van der Waals surface area contributed by atoms with Crippen molar-refractivity contribution in [3.05, 3.63) is 46.0 Å². The van der Waals surface area contributed by atoms with Crippen LogP contribution in [0.4, 0.5) is 0 Å². The van der Waals surface area contributed by atoms with Gasteiger partial charge < -0.3 is 10.8 Å². The van der Waals surface area contributed by atoms with Crippen molar-refractivity contribution < 1.29 is 9.90 Å². The first-order chi connectivity index (χ1) is 9.40. The van der Waals surface area contributed by atoms with Gasteiger partial charge in [0, 0.05) is 22.0 Å². The maximum Gasteiger partial charge on any atom is 0.220 e. The summed E-state index contributed by atoms with van der Waals surface area (Å²) in [5.74, 6) is -0.238. The van der Waals surface area contributed by atoms with E-state index < -0.39 is 11.5 Å². The smallest absolute Gasteiger partial charge is 0.220 e. The average Bonchev–Trinajstić information content (AvgIpc) is 2.79. The highest BCUT2D eigenvalue weighted by atomic mass is 35.5. The molecule has 2 rings (SSSR count). The van der Waals surface area contributed by atoms with E-state index in [0.717, 1.165) is 0 Å². The quantitative estimate of drug-likeness (QED) is 0.776. The van der Waals surface area contributed by atoms with Crippen molar-refractivity contribution in [2.45, 2.75) is 18.4 Å². The van der Waals surface area contributed by atoms with Crippen molar-refractivity contribution >= 4 is 29.1 Å². The molecule has 6 nitrogen and oxygen atoms in total. The third-order valence-electron chi connectivity index (χ3n) is 2.82. The van der Waals surface area contributed by atoms with Gasteiger partial charge in [-0.3, -0.25) is 9.89 Å². The molecule has 0 fully saturated rings. The molecule has 0 radical (unpaired) electrons. The zero-order valence-electron chi connectivity index (χ0n) is 10.3. The van der Waals surface area contributed by atoms with E-state index in [9.17, 15) is 9.90 Å². The molecule has 0 bridgehead atoms. The molecule has 106 valence electrons. The van der Waals surface area contributed by atoms with Gasteiger partial charge in [-0.25, -0.2) is 4.98 Å². The Hall–Kier alpha value is -1.63. The Bertz CT molecular complexity index is 618. The number of aliphatic hydroxyl groups is 1. The van der Waals surface area contributed by atoms with Crippen LogP contribution in [0.3, 0.4) is 0 Å². The predicted octanol–water partition coefficient (Wildman–Crippen LogP) is 1.42. The minimum atomic E-state index is -1.58. The lowest BCUT2D eigenvalue weighted by Gasteiger charge is -2.27. The maximum atomic E-state index is 11.2. The van der Waals surface area contributed by atoms with Crippen LogP contribution in [0, 0.1) is 0 Å². The highest BCUT2D eigenvalue weighted by Gasteiger charge is 2.34. The third-order valence-corrected chi connectivity index (χ3v) is 3.37. The van der Waals surface area contributed by atoms with E-state index in [1.54, 1.807) is 12.1 Å². The molecule has 20 heavy (non-hydrogen) atoms. The van der Waals surface area contributed by atoms with Gasteiger partial charge in [0.1, 0.15) is 17.8 Å². The first kappa shape index (κ1) is 14.8. The zero-order chi connectivity index (χ0) is 14.8. The summed E-state index contributed by atoms with van der Waals surface area (Å²) in [5.41, 5.74) is 3.99. The lowest BCUT2D eigenvalue weighted by molar-refractivity contribution is -0.123. The van der Waals surface area contributed by atoms with E-state index in [4.69, 9.17) is 28.9 Å². The Balaban J connectivity index is 2.42. The molecule has 1 aromatic heterocycles. The summed E-state index contributed by atoms with van der Waals surface area (Å²) in [4.78, 5) is 15.2. The fraction of sp³-hybridized carbons (Fsp3) is 0.250. The molecular weight excluding hydrogens is 303 g/mol. The van der Waals surface area contributed by atoms with E-state index in [0.29, 0.717) is 16.4 Å². The van der Waals surface area contributed by atoms with Crippen LogP contribution in [0.25, 0.3) is 0 Å². The number of primary amides is 1. The van der Waals surface area contributed by atoms with E-state index in [2.05, 4.69) is 15.2 Å². The average molecular weight is 315 g/mol. The number of aromatic nitrogens is 3. The van der Waals surface area contributed by atoms with Gasteiger partial charge in [0.15, 0.2) is 0 Å². The molecule has 1 amide bonds. The lowest BCUT2D eigenvalue weighted by atomic mass is 9.86. The summed E-state index contributed by atoms with van der Waals surface area (Å²) in [7, 11) is 0. The van der Waals surface area contributed by atoms with Gasteiger partial charge in [0.05, 0.1) is 6.42 Å². The first-order valence-electron chi connectivity index (χ1n) is 5.71. The molecule has 0 aliphatic rings. The first-order valence-corrected chi connectivity index (χ1v) is 6.47. The molecule has 1 unspecified atom stereocenters. The largest absolute Gasteiger partial charge is 0.384 e. The number of nitrogens with zero attached hydrogens (tertiary/aromatic N) is 2. The van der Waals surface area contributed by atoms with Crippen LogP contribution in [0.15, 0.2) is 24.5 Å². The normalized spacial score (nSPS) is 13.9. The second-order valence-electron chi connectivity index (χ2n) is 4.41. The van der Waals surface area contributed by atoms with Crippen LogP contribution in [0.5, 0.6) is 0 Å². The van der Waals surface area contributed by atoms with Crippen molar-refractivity contribution in [3.8, 4) is 0 Å². The van der Waals surface area contributed by atoms with E-state index >= 15 is 0 Å². The van der Waals surface area contributed by atoms with Crippen molar-refractivity contribution in [2.75, 3.05) is 0 Å². The minimum absolute atomic E-state index is 0.0251. The molecule has 1 heterocycles. The molecule has 4 N–H and O–H groups in total. The number of carbonyl (C=O) groups excluding carboxylic acids is 1. The molecule has 0 spiro atoms. The van der Waals surface area contributed by atoms with Gasteiger partial charge in [-0.05, 0) is 12.1 Å². The summed E-state index contributed by atoms with van der Waals surface area (Å²) >= 11 is 11.9. The molecule has 8 heteroatoms. The van der Waals surface area contributed by atoms with Gasteiger partial charge in [0.2, 0.25) is 5.91 Å². The number of aromatic amines is 1. The molecule has 1 aromatic carbocycles. The van der Waals surface area contributed by atoms with Crippen molar-refractivity contribution in [1.29, 1.82) is 0 Å². The topological polar surface area (TPSA) is 105 Å². The summed E-state index contributed by atoms with van der Waals surface area (Å²) in [6.45, 7) is 0. The lowest BCUT2D eigenvalue weighted by Crippen LogP contribution is -2.35. The van der Waals surface area contributed by atoms with Crippen LogP contribution in [-0.4, -0.2) is 26.2 Å². The standard InChI is InChI=1S/C12H12Cl2N4O2/c13-7-1-2-8(9(14)3-7)12(20,4-10(15)19)5-11-16-6-17-18-11/h1-3,6,20H,4-5H2,(H2,15,19)(H,16,17,18). The number of benzene rings is 1. The second-order valence-corrected chi connectivity index (χ2v) is 5.25. The Labute approximate surface area is 124 Å². The fourth-order valence-corrected chi connectivity index (χ4v) is 2.59. The molecule has 2 aromatic rings. The molecule has 0 aliphatic carbocycles. The van der Waals surface area contributed by atoms with Crippen LogP contribution < -0.4 is 5.73 Å². The highest BCUT2D eigenvalue weighted by Crippen LogP contribution is 2.34.